The van der Waals surface area contributed by atoms with E-state index in [2.05, 4.69) is 10.4 Å². The maximum atomic E-state index is 11.7. The van der Waals surface area contributed by atoms with Crippen molar-refractivity contribution in [3.8, 4) is 5.75 Å². The first-order valence-corrected chi connectivity index (χ1v) is 7.59. The van der Waals surface area contributed by atoms with Gasteiger partial charge in [0.15, 0.2) is 6.61 Å². The Balaban J connectivity index is 1.65. The van der Waals surface area contributed by atoms with Gasteiger partial charge in [-0.3, -0.25) is 9.48 Å². The number of nitrogens with zero attached hydrogens (tertiary/aromatic N) is 2. The molecule has 1 N–H and O–H groups in total. The molecule has 118 valence electrons. The molecule has 0 spiro atoms. The van der Waals surface area contributed by atoms with E-state index in [-0.39, 0.29) is 12.5 Å². The Hall–Kier alpha value is -2.01. The number of rotatable bonds is 7. The van der Waals surface area contributed by atoms with E-state index in [1.165, 1.54) is 0 Å². The fourth-order valence-electron chi connectivity index (χ4n) is 1.99. The van der Waals surface area contributed by atoms with Gasteiger partial charge in [0.1, 0.15) is 5.75 Å². The number of halogens is 1. The molecule has 1 amide bonds. The van der Waals surface area contributed by atoms with Crippen LogP contribution in [0.25, 0.3) is 0 Å². The zero-order valence-electron chi connectivity index (χ0n) is 12.8. The van der Waals surface area contributed by atoms with Gasteiger partial charge < -0.3 is 10.1 Å². The number of aromatic nitrogens is 2. The minimum absolute atomic E-state index is 0.0254. The van der Waals surface area contributed by atoms with E-state index in [1.54, 1.807) is 10.9 Å². The highest BCUT2D eigenvalue weighted by Crippen LogP contribution is 2.15. The zero-order valence-corrected chi connectivity index (χ0v) is 13.6. The van der Waals surface area contributed by atoms with Crippen LogP contribution in [0, 0.1) is 13.8 Å². The number of carbonyl (C=O) groups excluding carboxylic acids is 1. The summed E-state index contributed by atoms with van der Waals surface area (Å²) in [6.07, 6.45) is 2.58. The lowest BCUT2D eigenvalue weighted by atomic mass is 10.2. The van der Waals surface area contributed by atoms with Crippen molar-refractivity contribution >= 4 is 17.5 Å². The lowest BCUT2D eigenvalue weighted by Gasteiger charge is -2.09. The lowest BCUT2D eigenvalue weighted by Crippen LogP contribution is -2.30. The molecule has 1 aromatic carbocycles. The summed E-state index contributed by atoms with van der Waals surface area (Å²) < 4.78 is 7.27. The van der Waals surface area contributed by atoms with Gasteiger partial charge in [-0.2, -0.15) is 5.10 Å². The van der Waals surface area contributed by atoms with Crippen LogP contribution in [0.15, 0.2) is 30.5 Å². The molecular weight excluding hydrogens is 302 g/mol. The first-order chi connectivity index (χ1) is 10.6. The van der Waals surface area contributed by atoms with Gasteiger partial charge in [0.2, 0.25) is 0 Å². The van der Waals surface area contributed by atoms with Crippen molar-refractivity contribution in [1.82, 2.24) is 15.1 Å². The molecule has 0 atom stereocenters. The Morgan fingerprint density at radius 2 is 2.14 bits per heavy atom. The predicted molar refractivity (Wildman–Crippen MR) is 86.3 cm³/mol. The summed E-state index contributed by atoms with van der Waals surface area (Å²) in [5, 5.41) is 7.75. The number of hydrogen-bond donors (Lipinski definition) is 1. The van der Waals surface area contributed by atoms with Crippen LogP contribution < -0.4 is 10.1 Å². The molecular formula is C16H20ClN3O2. The largest absolute Gasteiger partial charge is 0.484 e. The Labute approximate surface area is 135 Å². The molecule has 0 aliphatic rings. The number of ether oxygens (including phenoxy) is 1. The van der Waals surface area contributed by atoms with Gasteiger partial charge in [0, 0.05) is 19.3 Å². The summed E-state index contributed by atoms with van der Waals surface area (Å²) in [4.78, 5) is 11.7. The number of para-hydroxylation sites is 1. The standard InChI is InChI=1S/C16H20ClN3O2/c1-12-6-3-4-7-15(12)22-11-16(21)18-8-5-9-20-10-14(17)13(2)19-20/h3-4,6-7,10H,5,8-9,11H2,1-2H3,(H,18,21). The number of hydrogen-bond acceptors (Lipinski definition) is 3. The van der Waals surface area contributed by atoms with Crippen molar-refractivity contribution in [2.75, 3.05) is 13.2 Å². The van der Waals surface area contributed by atoms with Gasteiger partial charge in [0.25, 0.3) is 5.91 Å². The topological polar surface area (TPSA) is 56.1 Å². The zero-order chi connectivity index (χ0) is 15.9. The third-order valence-corrected chi connectivity index (χ3v) is 3.60. The van der Waals surface area contributed by atoms with Crippen LogP contribution in [0.5, 0.6) is 5.75 Å². The first-order valence-electron chi connectivity index (χ1n) is 7.21. The molecule has 2 aromatic rings. The summed E-state index contributed by atoms with van der Waals surface area (Å²) in [6, 6.07) is 7.62. The molecule has 1 aromatic heterocycles. The molecule has 0 saturated heterocycles. The maximum absolute atomic E-state index is 11.7. The van der Waals surface area contributed by atoms with E-state index in [4.69, 9.17) is 16.3 Å². The average Bonchev–Trinajstić information content (AvgIpc) is 2.81. The summed E-state index contributed by atoms with van der Waals surface area (Å²) >= 11 is 5.94. The summed E-state index contributed by atoms with van der Waals surface area (Å²) in [5.41, 5.74) is 1.83. The highest BCUT2D eigenvalue weighted by Gasteiger charge is 2.05. The van der Waals surface area contributed by atoms with Crippen molar-refractivity contribution < 1.29 is 9.53 Å². The third kappa shape index (κ3) is 4.77. The molecule has 2 rings (SSSR count). The van der Waals surface area contributed by atoms with Crippen LogP contribution in [-0.2, 0) is 11.3 Å². The van der Waals surface area contributed by atoms with Gasteiger partial charge in [0.05, 0.1) is 10.7 Å². The van der Waals surface area contributed by atoms with Crippen LogP contribution in [0.1, 0.15) is 17.7 Å². The van der Waals surface area contributed by atoms with Gasteiger partial charge in [-0.1, -0.05) is 29.8 Å². The minimum atomic E-state index is -0.127. The van der Waals surface area contributed by atoms with Crippen molar-refractivity contribution in [3.63, 3.8) is 0 Å². The molecule has 0 aliphatic carbocycles. The molecule has 0 unspecified atom stereocenters. The Bertz CT molecular complexity index is 621. The van der Waals surface area contributed by atoms with Crippen molar-refractivity contribution in [2.24, 2.45) is 0 Å². The van der Waals surface area contributed by atoms with E-state index < -0.39 is 0 Å². The van der Waals surface area contributed by atoms with E-state index in [1.807, 2.05) is 38.1 Å². The molecule has 0 fully saturated rings. The smallest absolute Gasteiger partial charge is 0.257 e. The summed E-state index contributed by atoms with van der Waals surface area (Å²) in [7, 11) is 0. The number of carbonyl (C=O) groups is 1. The van der Waals surface area contributed by atoms with E-state index in [0.717, 1.165) is 23.4 Å². The minimum Gasteiger partial charge on any atom is -0.484 e. The first kappa shape index (κ1) is 16.4. The molecule has 0 radical (unpaired) electrons. The summed E-state index contributed by atoms with van der Waals surface area (Å²) in [5.74, 6) is 0.609. The van der Waals surface area contributed by atoms with E-state index >= 15 is 0 Å². The quantitative estimate of drug-likeness (QED) is 0.798. The van der Waals surface area contributed by atoms with Gasteiger partial charge in [-0.25, -0.2) is 0 Å². The van der Waals surface area contributed by atoms with Gasteiger partial charge >= 0.3 is 0 Å². The maximum Gasteiger partial charge on any atom is 0.257 e. The van der Waals surface area contributed by atoms with Crippen molar-refractivity contribution in [1.29, 1.82) is 0 Å². The highest BCUT2D eigenvalue weighted by molar-refractivity contribution is 6.31. The van der Waals surface area contributed by atoms with Crippen molar-refractivity contribution in [2.45, 2.75) is 26.8 Å². The number of nitrogens with one attached hydrogen (secondary N) is 1. The Kier molecular flexibility index (Phi) is 5.83. The van der Waals surface area contributed by atoms with Crippen molar-refractivity contribution in [3.05, 3.63) is 46.7 Å². The fourth-order valence-corrected chi connectivity index (χ4v) is 2.14. The van der Waals surface area contributed by atoms with Gasteiger partial charge in [-0.15, -0.1) is 0 Å². The molecule has 0 saturated carbocycles. The predicted octanol–water partition coefficient (Wildman–Crippen LogP) is 2.74. The number of amides is 1. The fraction of sp³-hybridized carbons (Fsp3) is 0.375. The monoisotopic (exact) mass is 321 g/mol. The SMILES string of the molecule is Cc1ccccc1OCC(=O)NCCCn1cc(Cl)c(C)n1. The second kappa shape index (κ2) is 7.84. The van der Waals surface area contributed by atoms with E-state index in [0.29, 0.717) is 18.1 Å². The summed E-state index contributed by atoms with van der Waals surface area (Å²) in [6.45, 7) is 5.13. The highest BCUT2D eigenvalue weighted by atomic mass is 35.5. The molecule has 22 heavy (non-hydrogen) atoms. The molecule has 0 bridgehead atoms. The molecule has 0 aliphatic heterocycles. The Morgan fingerprint density at radius 1 is 1.36 bits per heavy atom. The van der Waals surface area contributed by atoms with Crippen LogP contribution in [0.3, 0.4) is 0 Å². The van der Waals surface area contributed by atoms with Gasteiger partial charge in [-0.05, 0) is 31.9 Å². The molecule has 1 heterocycles. The Morgan fingerprint density at radius 3 is 2.82 bits per heavy atom. The normalized spacial score (nSPS) is 10.5. The molecule has 5 nitrogen and oxygen atoms in total. The average molecular weight is 322 g/mol. The number of benzene rings is 1. The van der Waals surface area contributed by atoms with Crippen LogP contribution in [-0.4, -0.2) is 28.8 Å². The number of aryl methyl sites for hydroxylation is 3. The second-order valence-electron chi connectivity index (χ2n) is 5.08. The third-order valence-electron chi connectivity index (χ3n) is 3.22. The van der Waals surface area contributed by atoms with Crippen LogP contribution >= 0.6 is 11.6 Å². The lowest BCUT2D eigenvalue weighted by molar-refractivity contribution is -0.123. The second-order valence-corrected chi connectivity index (χ2v) is 5.49. The van der Waals surface area contributed by atoms with E-state index in [9.17, 15) is 4.79 Å². The van der Waals surface area contributed by atoms with Crippen LogP contribution in [0.4, 0.5) is 0 Å². The van der Waals surface area contributed by atoms with Crippen LogP contribution in [0.2, 0.25) is 5.02 Å². The molecule has 6 heteroatoms.